The number of halogens is 2. The van der Waals surface area contributed by atoms with Crippen LogP contribution in [-0.2, 0) is 10.5 Å². The minimum absolute atomic E-state index is 0.0658. The summed E-state index contributed by atoms with van der Waals surface area (Å²) < 4.78 is 11.4. The van der Waals surface area contributed by atoms with E-state index >= 15 is 0 Å². The minimum Gasteiger partial charge on any atom is -0.496 e. The van der Waals surface area contributed by atoms with Crippen LogP contribution in [-0.4, -0.2) is 25.9 Å². The summed E-state index contributed by atoms with van der Waals surface area (Å²) in [4.78, 5) is 12.1. The van der Waals surface area contributed by atoms with Gasteiger partial charge in [-0.05, 0) is 51.8 Å². The molecule has 2 aromatic rings. The van der Waals surface area contributed by atoms with E-state index in [9.17, 15) is 4.79 Å². The number of ether oxygens (including phenoxy) is 2. The minimum atomic E-state index is -0.0658. The third-order valence-electron chi connectivity index (χ3n) is 3.39. The normalized spacial score (nSPS) is 10.4. The van der Waals surface area contributed by atoms with Crippen molar-refractivity contribution in [2.75, 3.05) is 25.3 Å². The molecule has 2 aromatic carbocycles. The van der Waals surface area contributed by atoms with Gasteiger partial charge in [-0.2, -0.15) is 11.8 Å². The zero-order valence-electron chi connectivity index (χ0n) is 14.0. The Morgan fingerprint density at radius 3 is 2.56 bits per heavy atom. The Labute approximate surface area is 165 Å². The smallest absolute Gasteiger partial charge is 0.225 e. The number of carbonyl (C=O) groups is 1. The largest absolute Gasteiger partial charge is 0.496 e. The van der Waals surface area contributed by atoms with Crippen LogP contribution >= 0.6 is 39.3 Å². The van der Waals surface area contributed by atoms with Gasteiger partial charge >= 0.3 is 0 Å². The molecule has 0 bridgehead atoms. The number of anilines is 1. The van der Waals surface area contributed by atoms with Crippen molar-refractivity contribution in [3.63, 3.8) is 0 Å². The van der Waals surface area contributed by atoms with Crippen molar-refractivity contribution in [3.05, 3.63) is 51.5 Å². The molecule has 0 heterocycles. The topological polar surface area (TPSA) is 47.6 Å². The van der Waals surface area contributed by atoms with E-state index in [0.717, 1.165) is 21.7 Å². The van der Waals surface area contributed by atoms with Crippen LogP contribution in [0.25, 0.3) is 0 Å². The van der Waals surface area contributed by atoms with E-state index in [4.69, 9.17) is 21.1 Å². The molecule has 0 spiro atoms. The molecular weight excluding hydrogens is 426 g/mol. The van der Waals surface area contributed by atoms with Gasteiger partial charge in [0.15, 0.2) is 0 Å². The Morgan fingerprint density at radius 2 is 1.88 bits per heavy atom. The highest BCUT2D eigenvalue weighted by molar-refractivity contribution is 9.10. The molecule has 0 aromatic heterocycles. The third kappa shape index (κ3) is 6.13. The van der Waals surface area contributed by atoms with Crippen LogP contribution in [0.4, 0.5) is 5.69 Å². The third-order valence-corrected chi connectivity index (χ3v) is 5.28. The average molecular weight is 445 g/mol. The molecule has 134 valence electrons. The predicted molar refractivity (Wildman–Crippen MR) is 108 cm³/mol. The van der Waals surface area contributed by atoms with Gasteiger partial charge in [0.2, 0.25) is 5.91 Å². The molecule has 0 atom stereocenters. The summed E-state index contributed by atoms with van der Waals surface area (Å²) in [5.74, 6) is 2.88. The molecule has 0 aliphatic carbocycles. The SMILES string of the molecule is COc1ccc(CSCCC(=O)Nc2cc(Cl)ccc2OC)cc1Br. The number of hydrogen-bond donors (Lipinski definition) is 1. The number of benzene rings is 2. The molecule has 0 saturated heterocycles. The standard InChI is InChI=1S/C18H19BrClNO3S/c1-23-16-5-3-12(9-14(16)19)11-25-8-7-18(22)21-15-10-13(20)4-6-17(15)24-2/h3-6,9-10H,7-8,11H2,1-2H3,(H,21,22). The van der Waals surface area contributed by atoms with E-state index in [-0.39, 0.29) is 5.91 Å². The molecule has 0 radical (unpaired) electrons. The maximum atomic E-state index is 12.1. The number of amides is 1. The lowest BCUT2D eigenvalue weighted by atomic mass is 10.2. The van der Waals surface area contributed by atoms with Gasteiger partial charge in [-0.25, -0.2) is 0 Å². The Kier molecular flexibility index (Phi) is 7.93. The summed E-state index contributed by atoms with van der Waals surface area (Å²) in [6, 6.07) is 11.1. The zero-order chi connectivity index (χ0) is 18.2. The number of hydrogen-bond acceptors (Lipinski definition) is 4. The fourth-order valence-electron chi connectivity index (χ4n) is 2.15. The highest BCUT2D eigenvalue weighted by Gasteiger charge is 2.08. The molecule has 0 aliphatic rings. The van der Waals surface area contributed by atoms with Gasteiger partial charge in [-0.3, -0.25) is 4.79 Å². The average Bonchev–Trinajstić information content (AvgIpc) is 2.59. The molecule has 7 heteroatoms. The highest BCUT2D eigenvalue weighted by Crippen LogP contribution is 2.29. The van der Waals surface area contributed by atoms with Gasteiger partial charge in [0.1, 0.15) is 11.5 Å². The van der Waals surface area contributed by atoms with E-state index < -0.39 is 0 Å². The van der Waals surface area contributed by atoms with Gasteiger partial charge in [0.05, 0.1) is 24.4 Å². The molecule has 1 amide bonds. The molecular formula is C18H19BrClNO3S. The van der Waals surface area contributed by atoms with Crippen LogP contribution in [0, 0.1) is 0 Å². The maximum Gasteiger partial charge on any atom is 0.225 e. The Bertz CT molecular complexity index is 742. The van der Waals surface area contributed by atoms with Crippen LogP contribution in [0.5, 0.6) is 11.5 Å². The van der Waals surface area contributed by atoms with Crippen molar-refractivity contribution in [2.45, 2.75) is 12.2 Å². The fraction of sp³-hybridized carbons (Fsp3) is 0.278. The number of thioether (sulfide) groups is 1. The number of methoxy groups -OCH3 is 2. The quantitative estimate of drug-likeness (QED) is 0.555. The van der Waals surface area contributed by atoms with Gasteiger partial charge in [-0.1, -0.05) is 17.7 Å². The molecule has 25 heavy (non-hydrogen) atoms. The van der Waals surface area contributed by atoms with Gasteiger partial charge in [0.25, 0.3) is 0 Å². The van der Waals surface area contributed by atoms with E-state index in [2.05, 4.69) is 21.2 Å². The summed E-state index contributed by atoms with van der Waals surface area (Å²) in [6.45, 7) is 0. The maximum absolute atomic E-state index is 12.1. The summed E-state index contributed by atoms with van der Waals surface area (Å²) in [6.07, 6.45) is 0.414. The first kappa shape index (κ1) is 19.9. The number of nitrogens with one attached hydrogen (secondary N) is 1. The monoisotopic (exact) mass is 443 g/mol. The Hall–Kier alpha value is -1.37. The molecule has 1 N–H and O–H groups in total. The summed E-state index contributed by atoms with van der Waals surface area (Å²) >= 11 is 11.1. The molecule has 0 unspecified atom stereocenters. The van der Waals surface area contributed by atoms with E-state index in [0.29, 0.717) is 22.9 Å². The fourth-order valence-corrected chi connectivity index (χ4v) is 3.79. The van der Waals surface area contributed by atoms with Crippen molar-refractivity contribution in [3.8, 4) is 11.5 Å². The number of carbonyl (C=O) groups excluding carboxylic acids is 1. The van der Waals surface area contributed by atoms with Crippen LogP contribution in [0.1, 0.15) is 12.0 Å². The number of rotatable bonds is 8. The molecule has 4 nitrogen and oxygen atoms in total. The summed E-state index contributed by atoms with van der Waals surface area (Å²) in [5, 5.41) is 3.39. The van der Waals surface area contributed by atoms with Crippen molar-refractivity contribution < 1.29 is 14.3 Å². The molecule has 0 saturated carbocycles. The Morgan fingerprint density at radius 1 is 1.16 bits per heavy atom. The van der Waals surface area contributed by atoms with E-state index in [1.165, 1.54) is 5.56 Å². The Balaban J connectivity index is 1.79. The van der Waals surface area contributed by atoms with E-state index in [1.807, 2.05) is 18.2 Å². The van der Waals surface area contributed by atoms with Gasteiger partial charge in [-0.15, -0.1) is 0 Å². The van der Waals surface area contributed by atoms with Gasteiger partial charge < -0.3 is 14.8 Å². The van der Waals surface area contributed by atoms with Crippen LogP contribution in [0.2, 0.25) is 5.02 Å². The first-order valence-corrected chi connectivity index (χ1v) is 9.89. The lowest BCUT2D eigenvalue weighted by Gasteiger charge is -2.10. The van der Waals surface area contributed by atoms with Crippen LogP contribution in [0.3, 0.4) is 0 Å². The second kappa shape index (κ2) is 9.94. The summed E-state index contributed by atoms with van der Waals surface area (Å²) in [5.41, 5.74) is 1.76. The van der Waals surface area contributed by atoms with Crippen LogP contribution in [0.15, 0.2) is 40.9 Å². The van der Waals surface area contributed by atoms with Crippen LogP contribution < -0.4 is 14.8 Å². The second-order valence-electron chi connectivity index (χ2n) is 5.16. The highest BCUT2D eigenvalue weighted by atomic mass is 79.9. The second-order valence-corrected chi connectivity index (χ2v) is 7.56. The van der Waals surface area contributed by atoms with Gasteiger partial charge in [0, 0.05) is 22.9 Å². The molecule has 2 rings (SSSR count). The predicted octanol–water partition coefficient (Wildman–Crippen LogP) is 5.38. The molecule has 0 aliphatic heterocycles. The lowest BCUT2D eigenvalue weighted by Crippen LogP contribution is -2.13. The first-order chi connectivity index (χ1) is 12.0. The van der Waals surface area contributed by atoms with E-state index in [1.54, 1.807) is 44.2 Å². The van der Waals surface area contributed by atoms with Crippen molar-refractivity contribution in [2.24, 2.45) is 0 Å². The lowest BCUT2D eigenvalue weighted by molar-refractivity contribution is -0.115. The van der Waals surface area contributed by atoms with Crippen molar-refractivity contribution in [1.29, 1.82) is 0 Å². The zero-order valence-corrected chi connectivity index (χ0v) is 17.1. The van der Waals surface area contributed by atoms with Crippen molar-refractivity contribution >= 4 is 50.9 Å². The first-order valence-electron chi connectivity index (χ1n) is 7.57. The molecule has 0 fully saturated rings. The van der Waals surface area contributed by atoms with Crippen molar-refractivity contribution in [1.82, 2.24) is 0 Å². The summed E-state index contributed by atoms with van der Waals surface area (Å²) in [7, 11) is 3.20.